The zero-order valence-electron chi connectivity index (χ0n) is 20.4. The number of thiazole rings is 1. The highest BCUT2D eigenvalue weighted by atomic mass is 32.1. The first-order valence-electron chi connectivity index (χ1n) is 11.3. The molecule has 0 aliphatic rings. The Labute approximate surface area is 217 Å². The molecule has 1 N–H and O–H groups in total. The Morgan fingerprint density at radius 3 is 2.32 bits per heavy atom. The van der Waals surface area contributed by atoms with Crippen molar-refractivity contribution in [1.82, 2.24) is 4.57 Å². The van der Waals surface area contributed by atoms with Gasteiger partial charge in [0.1, 0.15) is 10.7 Å². The lowest BCUT2D eigenvalue weighted by Gasteiger charge is -2.07. The summed E-state index contributed by atoms with van der Waals surface area (Å²) < 4.78 is 6.65. The largest absolute Gasteiger partial charge is 0.465 e. The van der Waals surface area contributed by atoms with Crippen LogP contribution in [0.5, 0.6) is 0 Å². The standard InChI is InChI=1S/C29H23N3O4S/c1-18-9-14-22(15-19(18)2)31-26(33)24(17-30)28-32(23-7-5-4-6-8-23)27(34)25(37-28)16-20-10-12-21(13-11-20)29(35)36-3/h4-16H,1-3H3,(H,31,33)/b25-16+,28-24+. The number of amides is 1. The first kappa shape index (κ1) is 25.4. The predicted molar refractivity (Wildman–Crippen MR) is 144 cm³/mol. The van der Waals surface area contributed by atoms with Crippen LogP contribution >= 0.6 is 11.3 Å². The van der Waals surface area contributed by atoms with Gasteiger partial charge in [0, 0.05) is 5.69 Å². The maximum atomic E-state index is 13.5. The maximum Gasteiger partial charge on any atom is 0.337 e. The minimum Gasteiger partial charge on any atom is -0.465 e. The van der Waals surface area contributed by atoms with Gasteiger partial charge >= 0.3 is 5.97 Å². The van der Waals surface area contributed by atoms with E-state index in [4.69, 9.17) is 4.74 Å². The van der Waals surface area contributed by atoms with Crippen LogP contribution in [0.4, 0.5) is 5.69 Å². The quantitative estimate of drug-likeness (QED) is 0.416. The Bertz CT molecular complexity index is 1710. The third kappa shape index (κ3) is 5.42. The van der Waals surface area contributed by atoms with Gasteiger partial charge in [0.05, 0.1) is 22.9 Å². The van der Waals surface area contributed by atoms with Crippen LogP contribution < -0.4 is 20.1 Å². The van der Waals surface area contributed by atoms with Crippen LogP contribution in [0.15, 0.2) is 77.6 Å². The number of anilines is 1. The summed E-state index contributed by atoms with van der Waals surface area (Å²) in [4.78, 5) is 38.4. The van der Waals surface area contributed by atoms with Crippen LogP contribution in [0.25, 0.3) is 17.3 Å². The lowest BCUT2D eigenvalue weighted by Crippen LogP contribution is -2.32. The molecule has 0 fully saturated rings. The van der Waals surface area contributed by atoms with Gasteiger partial charge in [-0.15, -0.1) is 11.3 Å². The van der Waals surface area contributed by atoms with E-state index in [0.717, 1.165) is 22.5 Å². The number of para-hydroxylation sites is 1. The first-order valence-corrected chi connectivity index (χ1v) is 12.1. The van der Waals surface area contributed by atoms with Gasteiger partial charge in [0.25, 0.3) is 11.5 Å². The van der Waals surface area contributed by atoms with E-state index in [0.29, 0.717) is 27.0 Å². The third-order valence-corrected chi connectivity index (χ3v) is 6.88. The average Bonchev–Trinajstić information content (AvgIpc) is 3.22. The molecule has 0 aliphatic heterocycles. The zero-order valence-corrected chi connectivity index (χ0v) is 21.3. The predicted octanol–water partition coefficient (Wildman–Crippen LogP) is 3.44. The number of rotatable bonds is 5. The van der Waals surface area contributed by atoms with E-state index in [-0.39, 0.29) is 15.8 Å². The minimum atomic E-state index is -0.606. The number of aryl methyl sites for hydroxylation is 2. The molecule has 1 aromatic heterocycles. The number of nitriles is 1. The van der Waals surface area contributed by atoms with Crippen LogP contribution in [0.1, 0.15) is 27.0 Å². The number of carbonyl (C=O) groups excluding carboxylic acids is 2. The molecular formula is C29H23N3O4S. The molecule has 1 amide bonds. The molecule has 7 nitrogen and oxygen atoms in total. The zero-order chi connectivity index (χ0) is 26.5. The van der Waals surface area contributed by atoms with Gasteiger partial charge in [-0.3, -0.25) is 14.2 Å². The van der Waals surface area contributed by atoms with Crippen molar-refractivity contribution in [3.05, 3.63) is 115 Å². The summed E-state index contributed by atoms with van der Waals surface area (Å²) in [6.07, 6.45) is 1.66. The number of benzene rings is 3. The van der Waals surface area contributed by atoms with Crippen LogP contribution in [-0.4, -0.2) is 23.6 Å². The number of aromatic nitrogens is 1. The van der Waals surface area contributed by atoms with Crippen molar-refractivity contribution in [2.45, 2.75) is 13.8 Å². The molecule has 0 unspecified atom stereocenters. The average molecular weight is 510 g/mol. The number of carbonyl (C=O) groups is 2. The number of ether oxygens (including phenoxy) is 1. The van der Waals surface area contributed by atoms with Crippen molar-refractivity contribution in [2.24, 2.45) is 0 Å². The van der Waals surface area contributed by atoms with Gasteiger partial charge in [-0.2, -0.15) is 5.26 Å². The Morgan fingerprint density at radius 2 is 1.70 bits per heavy atom. The van der Waals surface area contributed by atoms with Crippen molar-refractivity contribution in [3.8, 4) is 11.8 Å². The summed E-state index contributed by atoms with van der Waals surface area (Å²) in [6, 6.07) is 22.9. The number of nitrogens with one attached hydrogen (secondary N) is 1. The molecule has 37 heavy (non-hydrogen) atoms. The molecule has 0 saturated carbocycles. The molecule has 0 bridgehead atoms. The van der Waals surface area contributed by atoms with E-state index in [1.165, 1.54) is 11.7 Å². The van der Waals surface area contributed by atoms with E-state index in [9.17, 15) is 19.6 Å². The molecule has 0 atom stereocenters. The first-order chi connectivity index (χ1) is 17.8. The number of nitrogens with zero attached hydrogens (tertiary/aromatic N) is 2. The third-order valence-electron chi connectivity index (χ3n) is 5.79. The van der Waals surface area contributed by atoms with Crippen LogP contribution in [0.2, 0.25) is 0 Å². The fourth-order valence-electron chi connectivity index (χ4n) is 3.65. The lowest BCUT2D eigenvalue weighted by molar-refractivity contribution is -0.111. The number of hydrogen-bond donors (Lipinski definition) is 1. The summed E-state index contributed by atoms with van der Waals surface area (Å²) >= 11 is 1.05. The van der Waals surface area contributed by atoms with Crippen molar-refractivity contribution < 1.29 is 14.3 Å². The second-order valence-corrected chi connectivity index (χ2v) is 9.28. The van der Waals surface area contributed by atoms with E-state index < -0.39 is 11.9 Å². The fourth-order valence-corrected chi connectivity index (χ4v) is 4.76. The van der Waals surface area contributed by atoms with Gasteiger partial charge in [-0.1, -0.05) is 36.4 Å². The SMILES string of the molecule is COC(=O)c1ccc(/C=c2/s/c(=C(\C#N)C(=O)Nc3ccc(C)c(C)c3)n(-c3ccccc3)c2=O)cc1. The molecule has 0 saturated heterocycles. The molecule has 0 aliphatic carbocycles. The Morgan fingerprint density at radius 1 is 1.00 bits per heavy atom. The summed E-state index contributed by atoms with van der Waals surface area (Å²) in [5, 5.41) is 12.8. The molecule has 3 aromatic carbocycles. The monoisotopic (exact) mass is 509 g/mol. The van der Waals surface area contributed by atoms with E-state index >= 15 is 0 Å². The Hall–Kier alpha value is -4.74. The highest BCUT2D eigenvalue weighted by molar-refractivity contribution is 7.07. The highest BCUT2D eigenvalue weighted by Crippen LogP contribution is 2.15. The smallest absolute Gasteiger partial charge is 0.337 e. The van der Waals surface area contributed by atoms with E-state index in [1.54, 1.807) is 60.7 Å². The minimum absolute atomic E-state index is 0.176. The highest BCUT2D eigenvalue weighted by Gasteiger charge is 2.17. The lowest BCUT2D eigenvalue weighted by atomic mass is 10.1. The van der Waals surface area contributed by atoms with Crippen molar-refractivity contribution >= 4 is 40.5 Å². The summed E-state index contributed by atoms with van der Waals surface area (Å²) in [7, 11) is 1.31. The second kappa shape index (κ2) is 10.9. The number of hydrogen-bond acceptors (Lipinski definition) is 6. The van der Waals surface area contributed by atoms with E-state index in [2.05, 4.69) is 5.32 Å². The molecule has 0 radical (unpaired) electrons. The van der Waals surface area contributed by atoms with Gasteiger partial charge in [0.2, 0.25) is 0 Å². The topological polar surface area (TPSA) is 101 Å². The molecule has 1 heterocycles. The Balaban J connectivity index is 1.89. The normalized spacial score (nSPS) is 12.0. The van der Waals surface area contributed by atoms with Crippen LogP contribution in [-0.2, 0) is 9.53 Å². The molecule has 0 spiro atoms. The maximum absolute atomic E-state index is 13.5. The van der Waals surface area contributed by atoms with Crippen LogP contribution in [0, 0.1) is 25.2 Å². The van der Waals surface area contributed by atoms with E-state index in [1.807, 2.05) is 38.1 Å². The van der Waals surface area contributed by atoms with Crippen LogP contribution in [0.3, 0.4) is 0 Å². The second-order valence-electron chi connectivity index (χ2n) is 8.25. The van der Waals surface area contributed by atoms with Gasteiger partial charge < -0.3 is 10.1 Å². The van der Waals surface area contributed by atoms with Gasteiger partial charge in [-0.05, 0) is 73.0 Å². The number of esters is 1. The van der Waals surface area contributed by atoms with Crippen molar-refractivity contribution in [1.29, 1.82) is 5.26 Å². The van der Waals surface area contributed by atoms with Crippen molar-refractivity contribution in [2.75, 3.05) is 12.4 Å². The number of methoxy groups -OCH3 is 1. The summed E-state index contributed by atoms with van der Waals surface area (Å²) in [5.74, 6) is -1.06. The Kier molecular flexibility index (Phi) is 7.47. The molecule has 8 heteroatoms. The molecular weight excluding hydrogens is 486 g/mol. The molecule has 184 valence electrons. The summed E-state index contributed by atoms with van der Waals surface area (Å²) in [6.45, 7) is 3.91. The van der Waals surface area contributed by atoms with Gasteiger partial charge in [-0.25, -0.2) is 4.79 Å². The fraction of sp³-hybridized carbons (Fsp3) is 0.103. The van der Waals surface area contributed by atoms with Crippen molar-refractivity contribution in [3.63, 3.8) is 0 Å². The van der Waals surface area contributed by atoms with Gasteiger partial charge in [0.15, 0.2) is 5.57 Å². The molecule has 4 rings (SSSR count). The summed E-state index contributed by atoms with van der Waals surface area (Å²) in [5.41, 5.74) is 3.70. The molecule has 4 aromatic rings.